The van der Waals surface area contributed by atoms with Crippen LogP contribution in [0.2, 0.25) is 0 Å². The van der Waals surface area contributed by atoms with Crippen LogP contribution in [0.1, 0.15) is 24.0 Å². The fourth-order valence-corrected chi connectivity index (χ4v) is 2.60. The number of piperidine rings is 1. The van der Waals surface area contributed by atoms with Crippen LogP contribution in [0.15, 0.2) is 10.8 Å². The normalized spacial score (nSPS) is 18.8. The Morgan fingerprint density at radius 1 is 1.36 bits per heavy atom. The van der Waals surface area contributed by atoms with Gasteiger partial charge in [-0.2, -0.15) is 11.3 Å². The van der Waals surface area contributed by atoms with Crippen molar-refractivity contribution in [3.8, 4) is 0 Å². The van der Waals surface area contributed by atoms with Crippen molar-refractivity contribution in [3.63, 3.8) is 0 Å². The lowest BCUT2D eigenvalue weighted by molar-refractivity contribution is -0.121. The molecule has 0 atom stereocenters. The van der Waals surface area contributed by atoms with Gasteiger partial charge in [0.1, 0.15) is 5.78 Å². The van der Waals surface area contributed by atoms with E-state index in [-0.39, 0.29) is 0 Å². The number of rotatable bonds is 2. The number of carbonyl (C=O) groups is 1. The molecule has 0 unspecified atom stereocenters. The molecule has 1 aromatic rings. The summed E-state index contributed by atoms with van der Waals surface area (Å²) in [5.41, 5.74) is 2.80. The van der Waals surface area contributed by atoms with Crippen molar-refractivity contribution in [2.75, 3.05) is 13.1 Å². The third-order valence-electron chi connectivity index (χ3n) is 2.77. The van der Waals surface area contributed by atoms with Crippen molar-refractivity contribution < 1.29 is 4.79 Å². The first-order valence-electron chi connectivity index (χ1n) is 5.01. The minimum Gasteiger partial charge on any atom is -0.300 e. The fourth-order valence-electron chi connectivity index (χ4n) is 1.75. The SMILES string of the molecule is Cc1cscc1CN1CCC(=O)CC1. The van der Waals surface area contributed by atoms with Crippen LogP contribution in [0, 0.1) is 6.92 Å². The zero-order valence-corrected chi connectivity index (χ0v) is 9.27. The molecule has 1 aromatic heterocycles. The molecule has 0 radical (unpaired) electrons. The predicted molar refractivity (Wildman–Crippen MR) is 58.6 cm³/mol. The molecule has 76 valence electrons. The van der Waals surface area contributed by atoms with Gasteiger partial charge in [0.2, 0.25) is 0 Å². The number of aryl methyl sites for hydroxylation is 1. The molecule has 14 heavy (non-hydrogen) atoms. The highest BCUT2D eigenvalue weighted by atomic mass is 32.1. The van der Waals surface area contributed by atoms with E-state index in [1.807, 2.05) is 0 Å². The minimum atomic E-state index is 0.420. The highest BCUT2D eigenvalue weighted by Gasteiger charge is 2.16. The summed E-state index contributed by atoms with van der Waals surface area (Å²) in [7, 11) is 0. The van der Waals surface area contributed by atoms with Crippen LogP contribution in [0.4, 0.5) is 0 Å². The largest absolute Gasteiger partial charge is 0.300 e. The van der Waals surface area contributed by atoms with Crippen molar-refractivity contribution in [1.82, 2.24) is 4.90 Å². The average molecular weight is 209 g/mol. The van der Waals surface area contributed by atoms with E-state index in [2.05, 4.69) is 22.6 Å². The molecular weight excluding hydrogens is 194 g/mol. The van der Waals surface area contributed by atoms with Gasteiger partial charge in [0.05, 0.1) is 0 Å². The molecule has 0 bridgehead atoms. The Morgan fingerprint density at radius 3 is 2.64 bits per heavy atom. The van der Waals surface area contributed by atoms with Gasteiger partial charge >= 0.3 is 0 Å². The number of Topliss-reactive ketones (excluding diaryl/α,β-unsaturated/α-hetero) is 1. The van der Waals surface area contributed by atoms with E-state index in [0.717, 1.165) is 32.5 Å². The van der Waals surface area contributed by atoms with E-state index in [1.54, 1.807) is 11.3 Å². The number of hydrogen-bond donors (Lipinski definition) is 0. The molecule has 0 aromatic carbocycles. The van der Waals surface area contributed by atoms with Crippen molar-refractivity contribution in [2.24, 2.45) is 0 Å². The van der Waals surface area contributed by atoms with Gasteiger partial charge in [-0.15, -0.1) is 0 Å². The maximum atomic E-state index is 11.1. The molecule has 1 aliphatic heterocycles. The van der Waals surface area contributed by atoms with Gasteiger partial charge in [-0.05, 0) is 28.8 Å². The Labute approximate surface area is 88.5 Å². The van der Waals surface area contributed by atoms with Gasteiger partial charge in [0, 0.05) is 32.5 Å². The fraction of sp³-hybridized carbons (Fsp3) is 0.545. The minimum absolute atomic E-state index is 0.420. The summed E-state index contributed by atoms with van der Waals surface area (Å²) in [6.45, 7) is 5.05. The highest BCUT2D eigenvalue weighted by Crippen LogP contribution is 2.17. The van der Waals surface area contributed by atoms with Crippen molar-refractivity contribution in [2.45, 2.75) is 26.3 Å². The van der Waals surface area contributed by atoms with E-state index < -0.39 is 0 Å². The van der Waals surface area contributed by atoms with E-state index in [9.17, 15) is 4.79 Å². The van der Waals surface area contributed by atoms with Crippen LogP contribution in [0.5, 0.6) is 0 Å². The molecule has 2 nitrogen and oxygen atoms in total. The summed E-state index contributed by atoms with van der Waals surface area (Å²) in [6, 6.07) is 0. The molecule has 3 heteroatoms. The number of likely N-dealkylation sites (tertiary alicyclic amines) is 1. The monoisotopic (exact) mass is 209 g/mol. The maximum Gasteiger partial charge on any atom is 0.135 e. The van der Waals surface area contributed by atoms with E-state index in [0.29, 0.717) is 5.78 Å². The molecule has 0 spiro atoms. The molecule has 0 amide bonds. The molecule has 1 fully saturated rings. The third kappa shape index (κ3) is 2.22. The predicted octanol–water partition coefficient (Wildman–Crippen LogP) is 2.22. The zero-order chi connectivity index (χ0) is 9.97. The van der Waals surface area contributed by atoms with Crippen LogP contribution in [-0.4, -0.2) is 23.8 Å². The zero-order valence-electron chi connectivity index (χ0n) is 8.45. The molecule has 0 N–H and O–H groups in total. The first kappa shape index (κ1) is 9.87. The van der Waals surface area contributed by atoms with Crippen LogP contribution in [0.25, 0.3) is 0 Å². The first-order chi connectivity index (χ1) is 6.75. The molecule has 2 heterocycles. The Bertz CT molecular complexity index is 322. The number of hydrogen-bond acceptors (Lipinski definition) is 3. The quantitative estimate of drug-likeness (QED) is 0.744. The maximum absolute atomic E-state index is 11.1. The Balaban J connectivity index is 1.92. The topological polar surface area (TPSA) is 20.3 Å². The number of carbonyl (C=O) groups excluding carboxylic acids is 1. The summed E-state index contributed by atoms with van der Waals surface area (Å²) in [4.78, 5) is 13.4. The van der Waals surface area contributed by atoms with E-state index in [1.165, 1.54) is 11.1 Å². The summed E-state index contributed by atoms with van der Waals surface area (Å²) >= 11 is 1.76. The van der Waals surface area contributed by atoms with Crippen LogP contribution in [-0.2, 0) is 11.3 Å². The lowest BCUT2D eigenvalue weighted by Gasteiger charge is -2.25. The third-order valence-corrected chi connectivity index (χ3v) is 3.68. The van der Waals surface area contributed by atoms with Crippen LogP contribution in [0.3, 0.4) is 0 Å². The molecule has 0 aliphatic carbocycles. The second kappa shape index (κ2) is 4.24. The second-order valence-corrected chi connectivity index (χ2v) is 4.64. The van der Waals surface area contributed by atoms with E-state index in [4.69, 9.17) is 0 Å². The van der Waals surface area contributed by atoms with Crippen molar-refractivity contribution in [3.05, 3.63) is 21.9 Å². The van der Waals surface area contributed by atoms with Gasteiger partial charge in [-0.25, -0.2) is 0 Å². The van der Waals surface area contributed by atoms with Gasteiger partial charge in [0.15, 0.2) is 0 Å². The molecular formula is C11H15NOS. The van der Waals surface area contributed by atoms with Gasteiger partial charge in [-0.3, -0.25) is 9.69 Å². The van der Waals surface area contributed by atoms with Gasteiger partial charge in [-0.1, -0.05) is 0 Å². The summed E-state index contributed by atoms with van der Waals surface area (Å²) in [5, 5.41) is 4.40. The molecule has 0 saturated carbocycles. The lowest BCUT2D eigenvalue weighted by Crippen LogP contribution is -2.33. The lowest BCUT2D eigenvalue weighted by atomic mass is 10.1. The Kier molecular flexibility index (Phi) is 2.99. The smallest absolute Gasteiger partial charge is 0.135 e. The number of nitrogens with zero attached hydrogens (tertiary/aromatic N) is 1. The first-order valence-corrected chi connectivity index (χ1v) is 5.96. The Morgan fingerprint density at radius 2 is 2.07 bits per heavy atom. The second-order valence-electron chi connectivity index (χ2n) is 3.89. The van der Waals surface area contributed by atoms with Crippen molar-refractivity contribution in [1.29, 1.82) is 0 Å². The highest BCUT2D eigenvalue weighted by molar-refractivity contribution is 7.08. The molecule has 1 saturated heterocycles. The molecule has 2 rings (SSSR count). The van der Waals surface area contributed by atoms with Crippen LogP contribution < -0.4 is 0 Å². The van der Waals surface area contributed by atoms with Gasteiger partial charge in [0.25, 0.3) is 0 Å². The number of ketones is 1. The average Bonchev–Trinajstić information content (AvgIpc) is 2.56. The Hall–Kier alpha value is -0.670. The van der Waals surface area contributed by atoms with Gasteiger partial charge < -0.3 is 0 Å². The van der Waals surface area contributed by atoms with Crippen molar-refractivity contribution >= 4 is 17.1 Å². The summed E-state index contributed by atoms with van der Waals surface area (Å²) in [5.74, 6) is 0.420. The standard InChI is InChI=1S/C11H15NOS/c1-9-7-14-8-10(9)6-12-4-2-11(13)3-5-12/h7-8H,2-6H2,1H3. The summed E-state index contributed by atoms with van der Waals surface area (Å²) in [6.07, 6.45) is 1.48. The molecule has 1 aliphatic rings. The van der Waals surface area contributed by atoms with Crippen LogP contribution >= 0.6 is 11.3 Å². The number of thiophene rings is 1. The van der Waals surface area contributed by atoms with E-state index >= 15 is 0 Å². The summed E-state index contributed by atoms with van der Waals surface area (Å²) < 4.78 is 0.